The molecular weight excluding hydrogens is 458 g/mol. The smallest absolute Gasteiger partial charge is 0.257 e. The topological polar surface area (TPSA) is 73.2 Å². The van der Waals surface area contributed by atoms with Crippen LogP contribution in [0.4, 0.5) is 0 Å². The standard InChI is InChI=1S/C28H35N3O3S/c1-5-6-17-25(26(32)29-20(2)22-15-11-8-12-16-22)35-28-30-24(19-34-4)23(27(33)31(28)3)18-21-13-9-7-10-14-21/h7-16,20,25H,5-6,17-19H2,1-4H3,(H,29,32). The molecule has 2 unspecified atom stereocenters. The number of ether oxygens (including phenoxy) is 1. The molecule has 0 radical (unpaired) electrons. The zero-order chi connectivity index (χ0) is 25.2. The van der Waals surface area contributed by atoms with E-state index >= 15 is 0 Å². The van der Waals surface area contributed by atoms with Crippen LogP contribution in [0.2, 0.25) is 0 Å². The second-order valence-electron chi connectivity index (χ2n) is 8.67. The average molecular weight is 494 g/mol. The first-order valence-corrected chi connectivity index (χ1v) is 13.0. The Morgan fingerprint density at radius 2 is 1.77 bits per heavy atom. The van der Waals surface area contributed by atoms with Gasteiger partial charge in [-0.1, -0.05) is 92.2 Å². The van der Waals surface area contributed by atoms with E-state index in [1.807, 2.05) is 67.6 Å². The van der Waals surface area contributed by atoms with E-state index < -0.39 is 0 Å². The van der Waals surface area contributed by atoms with Crippen molar-refractivity contribution in [1.29, 1.82) is 0 Å². The maximum Gasteiger partial charge on any atom is 0.257 e. The number of rotatable bonds is 12. The van der Waals surface area contributed by atoms with E-state index in [1.54, 1.807) is 18.7 Å². The molecule has 186 valence electrons. The molecule has 35 heavy (non-hydrogen) atoms. The molecule has 0 aliphatic rings. The average Bonchev–Trinajstić information content (AvgIpc) is 2.88. The van der Waals surface area contributed by atoms with Crippen molar-refractivity contribution in [3.63, 3.8) is 0 Å². The lowest BCUT2D eigenvalue weighted by Gasteiger charge is -2.21. The van der Waals surface area contributed by atoms with E-state index in [0.717, 1.165) is 24.0 Å². The van der Waals surface area contributed by atoms with Crippen LogP contribution in [0.3, 0.4) is 0 Å². The van der Waals surface area contributed by atoms with Gasteiger partial charge >= 0.3 is 0 Å². The molecule has 0 saturated carbocycles. The van der Waals surface area contributed by atoms with Gasteiger partial charge in [-0.05, 0) is 24.5 Å². The molecule has 1 amide bonds. The third-order valence-corrected chi connectivity index (χ3v) is 7.26. The number of nitrogens with zero attached hydrogens (tertiary/aromatic N) is 2. The normalized spacial score (nSPS) is 12.8. The Kier molecular flexibility index (Phi) is 10.1. The summed E-state index contributed by atoms with van der Waals surface area (Å²) in [7, 11) is 3.32. The highest BCUT2D eigenvalue weighted by molar-refractivity contribution is 8.00. The molecule has 6 nitrogen and oxygen atoms in total. The van der Waals surface area contributed by atoms with Crippen molar-refractivity contribution in [3.05, 3.63) is 93.4 Å². The van der Waals surface area contributed by atoms with Gasteiger partial charge in [-0.3, -0.25) is 14.2 Å². The maximum absolute atomic E-state index is 13.4. The second kappa shape index (κ2) is 13.3. The highest BCUT2D eigenvalue weighted by Crippen LogP contribution is 2.27. The number of methoxy groups -OCH3 is 1. The Balaban J connectivity index is 1.87. The van der Waals surface area contributed by atoms with E-state index in [4.69, 9.17) is 9.72 Å². The summed E-state index contributed by atoms with van der Waals surface area (Å²) in [6, 6.07) is 19.7. The Bertz CT molecular complexity index is 1150. The van der Waals surface area contributed by atoms with E-state index in [1.165, 1.54) is 11.8 Å². The molecule has 0 bridgehead atoms. The molecule has 2 aromatic carbocycles. The zero-order valence-corrected chi connectivity index (χ0v) is 21.8. The number of hydrogen-bond donors (Lipinski definition) is 1. The van der Waals surface area contributed by atoms with Crippen molar-refractivity contribution >= 4 is 17.7 Å². The summed E-state index contributed by atoms with van der Waals surface area (Å²) in [6.07, 6.45) is 3.08. The fourth-order valence-corrected chi connectivity index (χ4v) is 5.02. The van der Waals surface area contributed by atoms with Crippen molar-refractivity contribution in [1.82, 2.24) is 14.9 Å². The first-order chi connectivity index (χ1) is 16.9. The number of aromatic nitrogens is 2. The Labute approximate surface area is 212 Å². The van der Waals surface area contributed by atoms with Gasteiger partial charge < -0.3 is 10.1 Å². The zero-order valence-electron chi connectivity index (χ0n) is 21.0. The molecule has 7 heteroatoms. The summed E-state index contributed by atoms with van der Waals surface area (Å²) >= 11 is 1.35. The molecule has 0 aliphatic heterocycles. The number of amides is 1. The molecule has 1 heterocycles. The molecule has 0 fully saturated rings. The molecule has 1 N–H and O–H groups in total. The summed E-state index contributed by atoms with van der Waals surface area (Å²) < 4.78 is 6.94. The second-order valence-corrected chi connectivity index (χ2v) is 9.84. The summed E-state index contributed by atoms with van der Waals surface area (Å²) in [5, 5.41) is 3.32. The van der Waals surface area contributed by atoms with Crippen LogP contribution < -0.4 is 10.9 Å². The van der Waals surface area contributed by atoms with Crippen LogP contribution in [0.15, 0.2) is 70.6 Å². The molecule has 2 atom stereocenters. The van der Waals surface area contributed by atoms with Crippen LogP contribution in [-0.4, -0.2) is 27.8 Å². The van der Waals surface area contributed by atoms with Crippen LogP contribution in [0.5, 0.6) is 0 Å². The highest BCUT2D eigenvalue weighted by atomic mass is 32.2. The minimum atomic E-state index is -0.352. The molecule has 0 spiro atoms. The summed E-state index contributed by atoms with van der Waals surface area (Å²) in [5.41, 5.74) is 3.23. The van der Waals surface area contributed by atoms with Gasteiger partial charge in [0.25, 0.3) is 5.56 Å². The number of carbonyl (C=O) groups excluding carboxylic acids is 1. The maximum atomic E-state index is 13.4. The van der Waals surface area contributed by atoms with Gasteiger partial charge in [0.05, 0.1) is 23.6 Å². The Hall–Kier alpha value is -2.90. The van der Waals surface area contributed by atoms with Gasteiger partial charge in [0.15, 0.2) is 5.16 Å². The predicted octanol–water partition coefficient (Wildman–Crippen LogP) is 5.05. The number of benzene rings is 2. The van der Waals surface area contributed by atoms with E-state index in [0.29, 0.717) is 29.3 Å². The first-order valence-electron chi connectivity index (χ1n) is 12.1. The van der Waals surface area contributed by atoms with E-state index in [-0.39, 0.29) is 29.4 Å². The Morgan fingerprint density at radius 1 is 1.11 bits per heavy atom. The summed E-state index contributed by atoms with van der Waals surface area (Å²) in [5.74, 6) is -0.0456. The SMILES string of the molecule is CCCCC(Sc1nc(COC)c(Cc2ccccc2)c(=O)n1C)C(=O)NC(C)c1ccccc1. The quantitative estimate of drug-likeness (QED) is 0.282. The number of hydrogen-bond acceptors (Lipinski definition) is 5. The van der Waals surface area contributed by atoms with Crippen LogP contribution >= 0.6 is 11.8 Å². The summed E-state index contributed by atoms with van der Waals surface area (Å²) in [6.45, 7) is 4.33. The predicted molar refractivity (Wildman–Crippen MR) is 142 cm³/mol. The lowest BCUT2D eigenvalue weighted by atomic mass is 10.0. The molecular formula is C28H35N3O3S. The molecule has 3 rings (SSSR count). The Morgan fingerprint density at radius 3 is 2.40 bits per heavy atom. The number of thioether (sulfide) groups is 1. The van der Waals surface area contributed by atoms with Crippen LogP contribution in [0.25, 0.3) is 0 Å². The van der Waals surface area contributed by atoms with Crippen LogP contribution in [-0.2, 0) is 29.6 Å². The molecule has 0 saturated heterocycles. The van der Waals surface area contributed by atoms with Crippen molar-refractivity contribution in [2.75, 3.05) is 7.11 Å². The van der Waals surface area contributed by atoms with E-state index in [2.05, 4.69) is 12.2 Å². The van der Waals surface area contributed by atoms with Crippen molar-refractivity contribution in [2.24, 2.45) is 7.05 Å². The van der Waals surface area contributed by atoms with Gasteiger partial charge in [0.2, 0.25) is 5.91 Å². The minimum absolute atomic E-state index is 0.0456. The van der Waals surface area contributed by atoms with Gasteiger partial charge in [-0.15, -0.1) is 0 Å². The molecule has 1 aromatic heterocycles. The van der Waals surface area contributed by atoms with Crippen molar-refractivity contribution in [3.8, 4) is 0 Å². The van der Waals surface area contributed by atoms with Gasteiger partial charge in [0, 0.05) is 26.1 Å². The fourth-order valence-electron chi connectivity index (χ4n) is 3.90. The highest BCUT2D eigenvalue weighted by Gasteiger charge is 2.25. The lowest BCUT2D eigenvalue weighted by molar-refractivity contribution is -0.121. The third-order valence-electron chi connectivity index (χ3n) is 5.95. The monoisotopic (exact) mass is 493 g/mol. The van der Waals surface area contributed by atoms with Gasteiger partial charge in [-0.2, -0.15) is 0 Å². The minimum Gasteiger partial charge on any atom is -0.378 e. The third kappa shape index (κ3) is 7.29. The fraction of sp³-hybridized carbons (Fsp3) is 0.393. The lowest BCUT2D eigenvalue weighted by Crippen LogP contribution is -2.35. The van der Waals surface area contributed by atoms with Gasteiger partial charge in [0.1, 0.15) is 0 Å². The van der Waals surface area contributed by atoms with Gasteiger partial charge in [-0.25, -0.2) is 4.98 Å². The molecule has 3 aromatic rings. The molecule has 0 aliphatic carbocycles. The first kappa shape index (κ1) is 26.7. The summed E-state index contributed by atoms with van der Waals surface area (Å²) in [4.78, 5) is 31.5. The van der Waals surface area contributed by atoms with Crippen molar-refractivity contribution in [2.45, 2.75) is 62.6 Å². The van der Waals surface area contributed by atoms with Crippen LogP contribution in [0, 0.1) is 0 Å². The van der Waals surface area contributed by atoms with Crippen LogP contribution in [0.1, 0.15) is 61.5 Å². The number of nitrogens with one attached hydrogen (secondary N) is 1. The number of carbonyl (C=O) groups is 1. The largest absolute Gasteiger partial charge is 0.378 e. The van der Waals surface area contributed by atoms with E-state index in [9.17, 15) is 9.59 Å². The van der Waals surface area contributed by atoms with Crippen molar-refractivity contribution < 1.29 is 9.53 Å². The number of unbranched alkanes of at least 4 members (excludes halogenated alkanes) is 1.